The van der Waals surface area contributed by atoms with Crippen LogP contribution < -0.4 is 0 Å². The summed E-state index contributed by atoms with van der Waals surface area (Å²) in [7, 11) is 0. The highest BCUT2D eigenvalue weighted by Crippen LogP contribution is 2.43. The zero-order valence-corrected chi connectivity index (χ0v) is 11.4. The standard InChI is InChI=1S/C15H15FN2S/c16-11-7-5-10(6-8-11)14-9-19-15-17-12-3-1-2-4-13(12)18(14)15/h5-9,12-13H,1-4H2/t12-,13+/m1/s1. The highest BCUT2D eigenvalue weighted by atomic mass is 32.2. The first kappa shape index (κ1) is 11.5. The molecule has 2 atom stereocenters. The fourth-order valence-corrected chi connectivity index (χ4v) is 4.26. The molecule has 1 aliphatic carbocycles. The molecule has 19 heavy (non-hydrogen) atoms. The van der Waals surface area contributed by atoms with Gasteiger partial charge in [-0.2, -0.15) is 0 Å². The van der Waals surface area contributed by atoms with Crippen LogP contribution in [0.5, 0.6) is 0 Å². The third-order valence-electron chi connectivity index (χ3n) is 4.18. The first-order chi connectivity index (χ1) is 9.33. The van der Waals surface area contributed by atoms with Crippen LogP contribution in [-0.4, -0.2) is 22.2 Å². The number of nitrogens with zero attached hydrogens (tertiary/aromatic N) is 2. The molecular formula is C15H15FN2S. The molecule has 2 heterocycles. The van der Waals surface area contributed by atoms with Gasteiger partial charge in [-0.1, -0.05) is 24.6 Å². The number of hydrogen-bond acceptors (Lipinski definition) is 3. The van der Waals surface area contributed by atoms with Gasteiger partial charge in [0.15, 0.2) is 5.17 Å². The highest BCUT2D eigenvalue weighted by molar-refractivity contribution is 8.16. The van der Waals surface area contributed by atoms with Crippen LogP contribution in [0.25, 0.3) is 5.70 Å². The molecule has 0 unspecified atom stereocenters. The number of aliphatic imine (C=N–C) groups is 1. The van der Waals surface area contributed by atoms with E-state index in [2.05, 4.69) is 10.3 Å². The molecule has 0 amide bonds. The van der Waals surface area contributed by atoms with Gasteiger partial charge in [0.05, 0.1) is 17.8 Å². The Kier molecular flexibility index (Phi) is 2.65. The number of amidine groups is 1. The molecule has 3 aliphatic rings. The van der Waals surface area contributed by atoms with E-state index in [1.54, 1.807) is 11.8 Å². The van der Waals surface area contributed by atoms with Crippen molar-refractivity contribution in [2.75, 3.05) is 0 Å². The number of rotatable bonds is 1. The largest absolute Gasteiger partial charge is 0.315 e. The lowest BCUT2D eigenvalue weighted by Crippen LogP contribution is -2.38. The zero-order valence-electron chi connectivity index (χ0n) is 10.6. The predicted octanol–water partition coefficient (Wildman–Crippen LogP) is 3.85. The zero-order chi connectivity index (χ0) is 12.8. The average molecular weight is 274 g/mol. The highest BCUT2D eigenvalue weighted by Gasteiger charge is 2.41. The van der Waals surface area contributed by atoms with Gasteiger partial charge in [0.1, 0.15) is 5.82 Å². The molecule has 1 aromatic carbocycles. The topological polar surface area (TPSA) is 15.6 Å². The number of hydrogen-bond donors (Lipinski definition) is 0. The summed E-state index contributed by atoms with van der Waals surface area (Å²) in [4.78, 5) is 7.22. The van der Waals surface area contributed by atoms with E-state index >= 15 is 0 Å². The van der Waals surface area contributed by atoms with E-state index in [-0.39, 0.29) is 5.82 Å². The van der Waals surface area contributed by atoms with Crippen LogP contribution in [0, 0.1) is 5.82 Å². The van der Waals surface area contributed by atoms with E-state index < -0.39 is 0 Å². The minimum atomic E-state index is -0.180. The second kappa shape index (κ2) is 4.37. The monoisotopic (exact) mass is 274 g/mol. The molecule has 1 aromatic rings. The first-order valence-electron chi connectivity index (χ1n) is 6.83. The number of benzene rings is 1. The van der Waals surface area contributed by atoms with Crippen molar-refractivity contribution < 1.29 is 4.39 Å². The van der Waals surface area contributed by atoms with Gasteiger partial charge in [-0.15, -0.1) is 0 Å². The molecule has 4 rings (SSSR count). The summed E-state index contributed by atoms with van der Waals surface area (Å²) >= 11 is 1.71. The van der Waals surface area contributed by atoms with E-state index in [1.165, 1.54) is 43.5 Å². The maximum absolute atomic E-state index is 13.0. The van der Waals surface area contributed by atoms with Crippen molar-refractivity contribution in [3.63, 3.8) is 0 Å². The lowest BCUT2D eigenvalue weighted by atomic mass is 9.90. The fourth-order valence-electron chi connectivity index (χ4n) is 3.25. The van der Waals surface area contributed by atoms with Gasteiger partial charge in [0.25, 0.3) is 0 Å². The molecule has 4 heteroatoms. The summed E-state index contributed by atoms with van der Waals surface area (Å²) in [6, 6.07) is 7.78. The SMILES string of the molecule is Fc1ccc(C2=CSC3=N[C@@H]4CCCC[C@@H]4N23)cc1. The summed E-state index contributed by atoms with van der Waals surface area (Å²) in [5.41, 5.74) is 2.28. The van der Waals surface area contributed by atoms with Crippen molar-refractivity contribution in [1.82, 2.24) is 4.90 Å². The second-order valence-corrected chi connectivity index (χ2v) is 6.17. The van der Waals surface area contributed by atoms with Crippen LogP contribution in [0.2, 0.25) is 0 Å². The Morgan fingerprint density at radius 2 is 1.95 bits per heavy atom. The van der Waals surface area contributed by atoms with Gasteiger partial charge < -0.3 is 4.90 Å². The van der Waals surface area contributed by atoms with E-state index in [1.807, 2.05) is 12.1 Å². The lowest BCUT2D eigenvalue weighted by molar-refractivity contribution is 0.305. The summed E-state index contributed by atoms with van der Waals surface area (Å²) in [6.45, 7) is 0. The Hall–Kier alpha value is -1.29. The van der Waals surface area contributed by atoms with Crippen LogP contribution >= 0.6 is 11.8 Å². The molecule has 2 aliphatic heterocycles. The number of fused-ring (bicyclic) bond motifs is 3. The van der Waals surface area contributed by atoms with Crippen LogP contribution in [0.1, 0.15) is 31.2 Å². The fraction of sp³-hybridized carbons (Fsp3) is 0.400. The van der Waals surface area contributed by atoms with Crippen molar-refractivity contribution in [1.29, 1.82) is 0 Å². The Morgan fingerprint density at radius 3 is 2.79 bits per heavy atom. The second-order valence-electron chi connectivity index (χ2n) is 5.33. The van der Waals surface area contributed by atoms with Gasteiger partial charge in [0.2, 0.25) is 0 Å². The van der Waals surface area contributed by atoms with Crippen molar-refractivity contribution in [3.8, 4) is 0 Å². The van der Waals surface area contributed by atoms with Crippen LogP contribution in [-0.2, 0) is 0 Å². The maximum atomic E-state index is 13.0. The Labute approximate surface area is 116 Å². The van der Waals surface area contributed by atoms with Crippen molar-refractivity contribution in [3.05, 3.63) is 41.1 Å². The van der Waals surface area contributed by atoms with Crippen LogP contribution in [0.15, 0.2) is 34.7 Å². The molecule has 0 saturated heterocycles. The first-order valence-corrected chi connectivity index (χ1v) is 7.71. The Bertz CT molecular complexity index is 564. The van der Waals surface area contributed by atoms with Gasteiger partial charge >= 0.3 is 0 Å². The van der Waals surface area contributed by atoms with Crippen molar-refractivity contribution in [2.45, 2.75) is 37.8 Å². The smallest absolute Gasteiger partial charge is 0.168 e. The summed E-state index contributed by atoms with van der Waals surface area (Å²) in [5, 5.41) is 3.29. The Morgan fingerprint density at radius 1 is 1.16 bits per heavy atom. The van der Waals surface area contributed by atoms with E-state index in [4.69, 9.17) is 4.99 Å². The predicted molar refractivity (Wildman–Crippen MR) is 77.3 cm³/mol. The molecule has 98 valence electrons. The molecule has 0 radical (unpaired) electrons. The molecule has 1 fully saturated rings. The molecule has 0 spiro atoms. The number of thioether (sulfide) groups is 1. The molecule has 2 nitrogen and oxygen atoms in total. The van der Waals surface area contributed by atoms with Crippen LogP contribution in [0.3, 0.4) is 0 Å². The summed E-state index contributed by atoms with van der Waals surface area (Å²) in [6.07, 6.45) is 5.02. The minimum Gasteiger partial charge on any atom is -0.315 e. The maximum Gasteiger partial charge on any atom is 0.168 e. The third-order valence-corrected chi connectivity index (χ3v) is 5.04. The normalized spacial score (nSPS) is 28.8. The molecule has 0 N–H and O–H groups in total. The van der Waals surface area contributed by atoms with E-state index in [0.717, 1.165) is 10.7 Å². The van der Waals surface area contributed by atoms with E-state index in [9.17, 15) is 4.39 Å². The van der Waals surface area contributed by atoms with E-state index in [0.29, 0.717) is 12.1 Å². The van der Waals surface area contributed by atoms with Gasteiger partial charge in [-0.25, -0.2) is 4.39 Å². The van der Waals surface area contributed by atoms with Gasteiger partial charge in [0, 0.05) is 5.41 Å². The molecule has 1 saturated carbocycles. The Balaban J connectivity index is 1.68. The van der Waals surface area contributed by atoms with Crippen molar-refractivity contribution >= 4 is 22.6 Å². The molecule has 0 aromatic heterocycles. The summed E-state index contributed by atoms with van der Waals surface area (Å²) < 4.78 is 13.0. The lowest BCUT2D eigenvalue weighted by Gasteiger charge is -2.32. The summed E-state index contributed by atoms with van der Waals surface area (Å²) in [5.74, 6) is -0.180. The van der Waals surface area contributed by atoms with Gasteiger partial charge in [-0.3, -0.25) is 4.99 Å². The van der Waals surface area contributed by atoms with Crippen LogP contribution in [0.4, 0.5) is 4.39 Å². The average Bonchev–Trinajstić information content (AvgIpc) is 2.98. The van der Waals surface area contributed by atoms with Gasteiger partial charge in [-0.05, 0) is 42.7 Å². The minimum absolute atomic E-state index is 0.180. The third kappa shape index (κ3) is 1.81. The van der Waals surface area contributed by atoms with Crippen molar-refractivity contribution in [2.24, 2.45) is 4.99 Å². The number of halogens is 1. The molecule has 0 bridgehead atoms. The molecular weight excluding hydrogens is 259 g/mol. The quantitative estimate of drug-likeness (QED) is 0.773.